The van der Waals surface area contributed by atoms with Gasteiger partial charge in [0.15, 0.2) is 15.0 Å². The number of sulfone groups is 1. The number of nitrogens with zero attached hydrogens (tertiary/aromatic N) is 2. The van der Waals surface area contributed by atoms with Gasteiger partial charge in [-0.2, -0.15) is 0 Å². The van der Waals surface area contributed by atoms with Gasteiger partial charge in [0.25, 0.3) is 0 Å². The lowest BCUT2D eigenvalue weighted by Crippen LogP contribution is -2.13. The van der Waals surface area contributed by atoms with Crippen LogP contribution in [0.3, 0.4) is 0 Å². The molecule has 0 saturated carbocycles. The number of halogens is 3. The maximum Gasteiger partial charge on any atom is 0.180 e. The van der Waals surface area contributed by atoms with E-state index >= 15 is 0 Å². The van der Waals surface area contributed by atoms with Crippen LogP contribution in [0, 0.1) is 5.82 Å². The molecule has 4 nitrogen and oxygen atoms in total. The van der Waals surface area contributed by atoms with E-state index in [4.69, 9.17) is 23.2 Å². The smallest absolute Gasteiger partial charge is 0.180 e. The van der Waals surface area contributed by atoms with Crippen LogP contribution in [0.2, 0.25) is 10.3 Å². The molecule has 2 rings (SSSR count). The van der Waals surface area contributed by atoms with Gasteiger partial charge in [0, 0.05) is 6.54 Å². The minimum absolute atomic E-state index is 0.0660. The molecule has 0 aliphatic rings. The molecule has 0 saturated heterocycles. The second kappa shape index (κ2) is 5.48. The largest absolute Gasteiger partial charge is 0.319 e. The number of aromatic nitrogens is 2. The van der Waals surface area contributed by atoms with Crippen molar-refractivity contribution in [2.24, 2.45) is 0 Å². The zero-order valence-corrected chi connectivity index (χ0v) is 11.9. The number of imidazole rings is 1. The van der Waals surface area contributed by atoms with Crippen LogP contribution >= 0.6 is 23.2 Å². The minimum Gasteiger partial charge on any atom is -0.319 e. The lowest BCUT2D eigenvalue weighted by Gasteiger charge is -2.06. The third-order valence-corrected chi connectivity index (χ3v) is 4.99. The van der Waals surface area contributed by atoms with Crippen LogP contribution in [-0.4, -0.2) is 23.7 Å². The molecule has 2 aromatic rings. The highest BCUT2D eigenvalue weighted by atomic mass is 35.5. The van der Waals surface area contributed by atoms with E-state index in [0.29, 0.717) is 0 Å². The molecule has 0 spiro atoms. The first-order valence-corrected chi connectivity index (χ1v) is 7.65. The molecule has 19 heavy (non-hydrogen) atoms. The van der Waals surface area contributed by atoms with Gasteiger partial charge in [0.05, 0.1) is 17.0 Å². The quantitative estimate of drug-likeness (QED) is 0.813. The number of hydrogen-bond donors (Lipinski definition) is 0. The van der Waals surface area contributed by atoms with Crippen molar-refractivity contribution >= 4 is 33.0 Å². The topological polar surface area (TPSA) is 52.0 Å². The first kappa shape index (κ1) is 14.3. The van der Waals surface area contributed by atoms with E-state index in [1.807, 2.05) is 0 Å². The molecule has 0 N–H and O–H groups in total. The Kier molecular flexibility index (Phi) is 4.13. The van der Waals surface area contributed by atoms with Crippen LogP contribution in [0.15, 0.2) is 35.5 Å². The molecule has 1 aromatic carbocycles. The summed E-state index contributed by atoms with van der Waals surface area (Å²) in [5.74, 6) is -0.659. The first-order chi connectivity index (χ1) is 8.90. The zero-order valence-electron chi connectivity index (χ0n) is 9.55. The Hall–Kier alpha value is -1.11. The van der Waals surface area contributed by atoms with Gasteiger partial charge in [-0.05, 0) is 24.3 Å². The van der Waals surface area contributed by atoms with Crippen LogP contribution in [0.25, 0.3) is 0 Å². The van der Waals surface area contributed by atoms with Gasteiger partial charge in [-0.25, -0.2) is 17.8 Å². The SMILES string of the molecule is O=S(=O)(CCn1cnc(Cl)c1Cl)c1ccc(F)cc1. The molecular formula is C11H9Cl2FN2O2S. The molecule has 102 valence electrons. The Balaban J connectivity index is 2.14. The molecule has 1 aromatic heterocycles. The molecule has 0 aliphatic carbocycles. The number of hydrogen-bond acceptors (Lipinski definition) is 3. The van der Waals surface area contributed by atoms with E-state index in [2.05, 4.69) is 4.98 Å². The molecule has 0 unspecified atom stereocenters. The van der Waals surface area contributed by atoms with Crippen molar-refractivity contribution < 1.29 is 12.8 Å². The maximum absolute atomic E-state index is 12.7. The molecule has 0 atom stereocenters. The van der Waals surface area contributed by atoms with Gasteiger partial charge in [0.2, 0.25) is 0 Å². The van der Waals surface area contributed by atoms with E-state index in [0.717, 1.165) is 12.1 Å². The molecule has 0 radical (unpaired) electrons. The van der Waals surface area contributed by atoms with Crippen molar-refractivity contribution in [2.45, 2.75) is 11.4 Å². The molecule has 0 amide bonds. The van der Waals surface area contributed by atoms with Crippen molar-refractivity contribution in [1.29, 1.82) is 0 Å². The summed E-state index contributed by atoms with van der Waals surface area (Å²) in [4.78, 5) is 3.82. The van der Waals surface area contributed by atoms with Crippen LogP contribution < -0.4 is 0 Å². The summed E-state index contributed by atoms with van der Waals surface area (Å²) >= 11 is 11.5. The second-order valence-electron chi connectivity index (χ2n) is 3.79. The summed E-state index contributed by atoms with van der Waals surface area (Å²) in [6.45, 7) is 0.123. The zero-order chi connectivity index (χ0) is 14.0. The summed E-state index contributed by atoms with van der Waals surface area (Å²) in [7, 11) is -3.50. The molecular weight excluding hydrogens is 314 g/mol. The second-order valence-corrected chi connectivity index (χ2v) is 6.62. The number of rotatable bonds is 4. The first-order valence-electron chi connectivity index (χ1n) is 5.24. The van der Waals surface area contributed by atoms with E-state index in [1.165, 1.54) is 23.0 Å². The van der Waals surface area contributed by atoms with E-state index < -0.39 is 15.7 Å². The third-order valence-electron chi connectivity index (χ3n) is 2.51. The van der Waals surface area contributed by atoms with Gasteiger partial charge < -0.3 is 4.57 Å². The Morgan fingerprint density at radius 3 is 2.37 bits per heavy atom. The average Bonchev–Trinajstić information content (AvgIpc) is 2.68. The Morgan fingerprint density at radius 2 is 1.84 bits per heavy atom. The third kappa shape index (κ3) is 3.26. The van der Waals surface area contributed by atoms with Gasteiger partial charge in [0.1, 0.15) is 11.0 Å². The van der Waals surface area contributed by atoms with Crippen molar-refractivity contribution in [3.8, 4) is 0 Å². The standard InChI is InChI=1S/C11H9Cl2FN2O2S/c12-10-11(13)16(7-15-10)5-6-19(17,18)9-3-1-8(14)2-4-9/h1-4,7H,5-6H2. The average molecular weight is 323 g/mol. The molecule has 0 aliphatic heterocycles. The fraction of sp³-hybridized carbons (Fsp3) is 0.182. The lowest BCUT2D eigenvalue weighted by molar-refractivity contribution is 0.588. The molecule has 0 bridgehead atoms. The Labute approximate surface area is 119 Å². The highest BCUT2D eigenvalue weighted by Gasteiger charge is 2.16. The van der Waals surface area contributed by atoms with E-state index in [9.17, 15) is 12.8 Å². The van der Waals surface area contributed by atoms with Gasteiger partial charge in [-0.15, -0.1) is 0 Å². The number of aryl methyl sites for hydroxylation is 1. The molecule has 0 fully saturated rings. The molecule has 1 heterocycles. The van der Waals surface area contributed by atoms with E-state index in [1.54, 1.807) is 0 Å². The van der Waals surface area contributed by atoms with Crippen LogP contribution in [0.5, 0.6) is 0 Å². The van der Waals surface area contributed by atoms with Gasteiger partial charge >= 0.3 is 0 Å². The van der Waals surface area contributed by atoms with Crippen molar-refractivity contribution in [3.05, 3.63) is 46.7 Å². The van der Waals surface area contributed by atoms with E-state index in [-0.39, 0.29) is 27.5 Å². The fourth-order valence-corrected chi connectivity index (χ4v) is 3.03. The van der Waals surface area contributed by atoms with Crippen molar-refractivity contribution in [3.63, 3.8) is 0 Å². The highest BCUT2D eigenvalue weighted by Crippen LogP contribution is 2.20. The summed E-state index contributed by atoms with van der Waals surface area (Å²) in [6, 6.07) is 4.67. The minimum atomic E-state index is -3.50. The summed E-state index contributed by atoms with van der Waals surface area (Å²) in [5.41, 5.74) is 0. The van der Waals surface area contributed by atoms with Gasteiger partial charge in [-0.1, -0.05) is 23.2 Å². The summed E-state index contributed by atoms with van der Waals surface area (Å²) in [6.07, 6.45) is 1.37. The predicted octanol–water partition coefficient (Wildman–Crippen LogP) is 2.80. The fourth-order valence-electron chi connectivity index (χ4n) is 1.48. The predicted molar refractivity (Wildman–Crippen MR) is 70.7 cm³/mol. The Morgan fingerprint density at radius 1 is 1.21 bits per heavy atom. The van der Waals surface area contributed by atoms with Crippen LogP contribution in [0.1, 0.15) is 0 Å². The van der Waals surface area contributed by atoms with Crippen LogP contribution in [0.4, 0.5) is 4.39 Å². The molecule has 8 heteroatoms. The van der Waals surface area contributed by atoms with Crippen molar-refractivity contribution in [2.75, 3.05) is 5.75 Å². The lowest BCUT2D eigenvalue weighted by atomic mass is 10.4. The van der Waals surface area contributed by atoms with Crippen LogP contribution in [-0.2, 0) is 16.4 Å². The maximum atomic E-state index is 12.7. The van der Waals surface area contributed by atoms with Gasteiger partial charge in [-0.3, -0.25) is 0 Å². The number of benzene rings is 1. The summed E-state index contributed by atoms with van der Waals surface area (Å²) in [5, 5.41) is 0.316. The summed E-state index contributed by atoms with van der Waals surface area (Å²) < 4.78 is 38.2. The highest BCUT2D eigenvalue weighted by molar-refractivity contribution is 7.91. The monoisotopic (exact) mass is 322 g/mol. The normalized spacial score (nSPS) is 11.7. The Bertz CT molecular complexity index is 683. The van der Waals surface area contributed by atoms with Crippen molar-refractivity contribution in [1.82, 2.24) is 9.55 Å².